The van der Waals surface area contributed by atoms with E-state index >= 15 is 0 Å². The first-order valence-corrected chi connectivity index (χ1v) is 9.89. The van der Waals surface area contributed by atoms with Crippen LogP contribution >= 0.6 is 0 Å². The van der Waals surface area contributed by atoms with Gasteiger partial charge in [-0.15, -0.1) is 0 Å². The van der Waals surface area contributed by atoms with Crippen molar-refractivity contribution < 1.29 is 17.3 Å². The van der Waals surface area contributed by atoms with Crippen LogP contribution in [-0.2, 0) is 10.0 Å². The van der Waals surface area contributed by atoms with E-state index in [1.165, 1.54) is 22.5 Å². The minimum atomic E-state index is -3.93. The van der Waals surface area contributed by atoms with E-state index in [2.05, 4.69) is 15.1 Å². The molecule has 140 valence electrons. The summed E-state index contributed by atoms with van der Waals surface area (Å²) in [4.78, 5) is 8.05. The Labute approximate surface area is 155 Å². The van der Waals surface area contributed by atoms with Crippen LogP contribution in [-0.4, -0.2) is 40.9 Å². The largest absolute Gasteiger partial charge is 0.339 e. The number of sulfonamides is 1. The van der Waals surface area contributed by atoms with Crippen LogP contribution in [0.4, 0.5) is 4.39 Å². The van der Waals surface area contributed by atoms with E-state index in [0.717, 1.165) is 11.6 Å². The maximum atomic E-state index is 14.0. The number of nitrogens with zero attached hydrogens (tertiary/aromatic N) is 4. The lowest BCUT2D eigenvalue weighted by atomic mass is 9.98. The zero-order valence-electron chi connectivity index (χ0n) is 14.5. The first-order valence-electron chi connectivity index (χ1n) is 8.45. The molecule has 3 aromatic rings. The van der Waals surface area contributed by atoms with Gasteiger partial charge in [-0.25, -0.2) is 12.8 Å². The summed E-state index contributed by atoms with van der Waals surface area (Å²) in [6.45, 7) is 2.34. The van der Waals surface area contributed by atoms with Crippen molar-refractivity contribution in [3.05, 3.63) is 60.5 Å². The van der Waals surface area contributed by atoms with Gasteiger partial charge in [0.1, 0.15) is 10.7 Å². The molecule has 2 aromatic heterocycles. The van der Waals surface area contributed by atoms with Crippen molar-refractivity contribution in [1.82, 2.24) is 19.4 Å². The Balaban J connectivity index is 1.59. The van der Waals surface area contributed by atoms with E-state index < -0.39 is 15.8 Å². The van der Waals surface area contributed by atoms with Crippen molar-refractivity contribution in [2.45, 2.75) is 17.7 Å². The second-order valence-corrected chi connectivity index (χ2v) is 8.43. The third-order valence-electron chi connectivity index (χ3n) is 4.73. The lowest BCUT2D eigenvalue weighted by Gasteiger charge is -2.16. The fraction of sp³-hybridized carbons (Fsp3) is 0.278. The van der Waals surface area contributed by atoms with Gasteiger partial charge in [0.15, 0.2) is 0 Å². The molecule has 0 aliphatic carbocycles. The number of hydrogen-bond acceptors (Lipinski definition) is 6. The highest BCUT2D eigenvalue weighted by atomic mass is 32.2. The topological polar surface area (TPSA) is 89.2 Å². The van der Waals surface area contributed by atoms with Crippen LogP contribution in [0.5, 0.6) is 0 Å². The van der Waals surface area contributed by atoms with Gasteiger partial charge in [0.2, 0.25) is 21.7 Å². The third kappa shape index (κ3) is 3.24. The average Bonchev–Trinajstić information content (AvgIpc) is 3.29. The maximum Gasteiger partial charge on any atom is 0.246 e. The van der Waals surface area contributed by atoms with Crippen molar-refractivity contribution in [3.63, 3.8) is 0 Å². The zero-order chi connectivity index (χ0) is 19.0. The highest BCUT2D eigenvalue weighted by Crippen LogP contribution is 2.35. The number of aromatic nitrogens is 3. The molecular formula is C18H17FN4O3S. The molecule has 1 aliphatic rings. The number of hydrogen-bond donors (Lipinski definition) is 0. The first kappa shape index (κ1) is 17.7. The molecule has 2 atom stereocenters. The summed E-state index contributed by atoms with van der Waals surface area (Å²) >= 11 is 0. The second-order valence-electron chi connectivity index (χ2n) is 6.53. The van der Waals surface area contributed by atoms with E-state index in [1.54, 1.807) is 24.5 Å². The van der Waals surface area contributed by atoms with Crippen LogP contribution in [0.2, 0.25) is 0 Å². The van der Waals surface area contributed by atoms with Gasteiger partial charge < -0.3 is 4.52 Å². The van der Waals surface area contributed by atoms with Gasteiger partial charge in [0.25, 0.3) is 0 Å². The van der Waals surface area contributed by atoms with Crippen LogP contribution in [0.1, 0.15) is 18.7 Å². The van der Waals surface area contributed by atoms with Gasteiger partial charge in [-0.1, -0.05) is 24.2 Å². The summed E-state index contributed by atoms with van der Waals surface area (Å²) < 4.78 is 46.3. The maximum absolute atomic E-state index is 14.0. The molecule has 4 rings (SSSR count). The molecule has 0 unspecified atom stereocenters. The van der Waals surface area contributed by atoms with E-state index in [1.807, 2.05) is 6.92 Å². The molecule has 1 fully saturated rings. The molecule has 1 aromatic carbocycles. The predicted molar refractivity (Wildman–Crippen MR) is 94.6 cm³/mol. The number of benzene rings is 1. The van der Waals surface area contributed by atoms with Gasteiger partial charge in [-0.05, 0) is 30.2 Å². The first-order chi connectivity index (χ1) is 13.0. The molecule has 3 heterocycles. The molecule has 0 amide bonds. The quantitative estimate of drug-likeness (QED) is 0.683. The lowest BCUT2D eigenvalue weighted by Crippen LogP contribution is -2.29. The second kappa shape index (κ2) is 6.82. The smallest absolute Gasteiger partial charge is 0.246 e. The van der Waals surface area contributed by atoms with Crippen LogP contribution in [0.3, 0.4) is 0 Å². The van der Waals surface area contributed by atoms with Crippen LogP contribution in [0.15, 0.2) is 58.2 Å². The molecule has 9 heteroatoms. The number of halogens is 1. The van der Waals surface area contributed by atoms with Gasteiger partial charge >= 0.3 is 0 Å². The van der Waals surface area contributed by atoms with Crippen LogP contribution < -0.4 is 0 Å². The summed E-state index contributed by atoms with van der Waals surface area (Å²) in [6, 6.07) is 8.91. The van der Waals surface area contributed by atoms with E-state index in [4.69, 9.17) is 4.52 Å². The van der Waals surface area contributed by atoms with Gasteiger partial charge in [0.05, 0.1) is 5.92 Å². The summed E-state index contributed by atoms with van der Waals surface area (Å²) in [5.74, 6) is -0.256. The van der Waals surface area contributed by atoms with E-state index in [-0.39, 0.29) is 29.8 Å². The van der Waals surface area contributed by atoms with Crippen LogP contribution in [0.25, 0.3) is 11.4 Å². The van der Waals surface area contributed by atoms with Crippen molar-refractivity contribution in [3.8, 4) is 11.4 Å². The van der Waals surface area contributed by atoms with E-state index in [0.29, 0.717) is 11.7 Å². The Morgan fingerprint density at radius 1 is 1.15 bits per heavy atom. The van der Waals surface area contributed by atoms with Crippen molar-refractivity contribution in [2.24, 2.45) is 5.92 Å². The lowest BCUT2D eigenvalue weighted by molar-refractivity contribution is 0.338. The molecule has 1 aliphatic heterocycles. The zero-order valence-corrected chi connectivity index (χ0v) is 15.3. The Hall–Kier alpha value is -2.65. The summed E-state index contributed by atoms with van der Waals surface area (Å²) in [6.07, 6.45) is 3.26. The molecule has 0 N–H and O–H groups in total. The normalized spacial score (nSPS) is 20.8. The predicted octanol–water partition coefficient (Wildman–Crippen LogP) is 2.69. The van der Waals surface area contributed by atoms with Crippen LogP contribution in [0, 0.1) is 11.7 Å². The van der Waals surface area contributed by atoms with Gasteiger partial charge in [-0.2, -0.15) is 9.29 Å². The van der Waals surface area contributed by atoms with Crippen molar-refractivity contribution >= 4 is 10.0 Å². The number of rotatable bonds is 4. The standard InChI is InChI=1S/C18H17FN4O3S/c1-12-10-23(27(24,25)16-5-3-2-4-15(16)19)11-14(12)18-21-17(22-26-18)13-6-8-20-9-7-13/h2-9,12,14H,10-11H2,1H3/t12-,14-/m0/s1. The Morgan fingerprint density at radius 3 is 2.63 bits per heavy atom. The summed E-state index contributed by atoms with van der Waals surface area (Å²) in [5, 5.41) is 3.98. The molecule has 0 saturated carbocycles. The summed E-state index contributed by atoms with van der Waals surface area (Å²) in [7, 11) is -3.93. The molecule has 0 bridgehead atoms. The Morgan fingerprint density at radius 2 is 1.89 bits per heavy atom. The minimum absolute atomic E-state index is 0.0442. The third-order valence-corrected chi connectivity index (χ3v) is 6.60. The van der Waals surface area contributed by atoms with Crippen molar-refractivity contribution in [1.29, 1.82) is 0 Å². The molecular weight excluding hydrogens is 371 g/mol. The SMILES string of the molecule is C[C@H]1CN(S(=O)(=O)c2ccccc2F)C[C@@H]1c1nc(-c2ccncc2)no1. The fourth-order valence-electron chi connectivity index (χ4n) is 3.24. The van der Waals surface area contributed by atoms with Gasteiger partial charge in [-0.3, -0.25) is 4.98 Å². The number of pyridine rings is 1. The van der Waals surface area contributed by atoms with E-state index in [9.17, 15) is 12.8 Å². The fourth-order valence-corrected chi connectivity index (χ4v) is 4.87. The average molecular weight is 388 g/mol. The highest BCUT2D eigenvalue weighted by Gasteiger charge is 2.41. The Bertz CT molecular complexity index is 1060. The highest BCUT2D eigenvalue weighted by molar-refractivity contribution is 7.89. The van der Waals surface area contributed by atoms with Gasteiger partial charge in [0, 0.05) is 31.0 Å². The molecule has 0 spiro atoms. The molecule has 27 heavy (non-hydrogen) atoms. The summed E-state index contributed by atoms with van der Waals surface area (Å²) in [5.41, 5.74) is 0.765. The molecule has 0 radical (unpaired) electrons. The Kier molecular flexibility index (Phi) is 4.48. The molecule has 1 saturated heterocycles. The minimum Gasteiger partial charge on any atom is -0.339 e. The monoisotopic (exact) mass is 388 g/mol. The molecule has 7 nitrogen and oxygen atoms in total. The van der Waals surface area contributed by atoms with Crippen molar-refractivity contribution in [2.75, 3.05) is 13.1 Å².